The average molecular weight is 476 g/mol. The molecule has 0 aromatic heterocycles. The van der Waals surface area contributed by atoms with Gasteiger partial charge in [0, 0.05) is 21.3 Å². The van der Waals surface area contributed by atoms with Crippen molar-refractivity contribution in [2.45, 2.75) is 19.8 Å². The number of hydrogen-bond acceptors (Lipinski definition) is 3. The van der Waals surface area contributed by atoms with Crippen LogP contribution in [0.1, 0.15) is 30.1 Å². The Bertz CT molecular complexity index is 798. The van der Waals surface area contributed by atoms with E-state index in [0.717, 1.165) is 12.8 Å². The lowest BCUT2D eigenvalue weighted by atomic mass is 10.2. The van der Waals surface area contributed by atoms with E-state index in [0.29, 0.717) is 38.1 Å². The number of benzene rings is 2. The fourth-order valence-corrected chi connectivity index (χ4v) is 3.28. The molecule has 0 aliphatic heterocycles. The minimum absolute atomic E-state index is 0.146. The van der Waals surface area contributed by atoms with E-state index in [1.807, 2.05) is 0 Å². The Kier molecular flexibility index (Phi) is 8.15. The lowest BCUT2D eigenvalue weighted by molar-refractivity contribution is 0.0977. The molecule has 0 fully saturated rings. The van der Waals surface area contributed by atoms with Crippen molar-refractivity contribution in [2.24, 2.45) is 0 Å². The molecule has 0 aliphatic rings. The van der Waals surface area contributed by atoms with Crippen molar-refractivity contribution in [1.82, 2.24) is 5.32 Å². The first-order chi connectivity index (χ1) is 12.4. The van der Waals surface area contributed by atoms with E-state index in [-0.39, 0.29) is 11.0 Å². The minimum Gasteiger partial charge on any atom is -0.492 e. The van der Waals surface area contributed by atoms with Gasteiger partial charge in [0.2, 0.25) is 0 Å². The average Bonchev–Trinajstić information content (AvgIpc) is 2.55. The van der Waals surface area contributed by atoms with Crippen LogP contribution in [0, 0.1) is 0 Å². The first kappa shape index (κ1) is 21.0. The fraction of sp³-hybridized carbons (Fsp3) is 0.222. The zero-order valence-corrected chi connectivity index (χ0v) is 17.9. The number of thiocarbonyl (C=S) groups is 1. The molecule has 0 spiro atoms. The van der Waals surface area contributed by atoms with Crippen molar-refractivity contribution in [3.8, 4) is 5.75 Å². The highest BCUT2D eigenvalue weighted by atomic mass is 79.9. The molecule has 0 saturated carbocycles. The predicted octanol–water partition coefficient (Wildman–Crippen LogP) is 6.06. The summed E-state index contributed by atoms with van der Waals surface area (Å²) in [5, 5.41) is 6.58. The van der Waals surface area contributed by atoms with Gasteiger partial charge < -0.3 is 10.1 Å². The topological polar surface area (TPSA) is 50.4 Å². The summed E-state index contributed by atoms with van der Waals surface area (Å²) < 4.78 is 6.36. The quantitative estimate of drug-likeness (QED) is 0.393. The Labute approximate surface area is 176 Å². The van der Waals surface area contributed by atoms with Gasteiger partial charge in [0.1, 0.15) is 5.75 Å². The van der Waals surface area contributed by atoms with Gasteiger partial charge in [0.15, 0.2) is 5.11 Å². The summed E-state index contributed by atoms with van der Waals surface area (Å²) in [5.74, 6) is 0.362. The number of ether oxygens (including phenoxy) is 1. The van der Waals surface area contributed by atoms with E-state index in [1.165, 1.54) is 0 Å². The summed E-state index contributed by atoms with van der Waals surface area (Å²) in [7, 11) is 0. The second kappa shape index (κ2) is 10.1. The van der Waals surface area contributed by atoms with E-state index < -0.39 is 0 Å². The van der Waals surface area contributed by atoms with Crippen LogP contribution in [-0.2, 0) is 0 Å². The first-order valence-electron chi connectivity index (χ1n) is 7.90. The zero-order valence-electron chi connectivity index (χ0n) is 13.9. The number of carbonyl (C=O) groups is 1. The van der Waals surface area contributed by atoms with Crippen LogP contribution in [0.3, 0.4) is 0 Å². The molecule has 26 heavy (non-hydrogen) atoms. The van der Waals surface area contributed by atoms with Gasteiger partial charge in [0.25, 0.3) is 5.91 Å². The van der Waals surface area contributed by atoms with Crippen LogP contribution in [0.4, 0.5) is 5.69 Å². The van der Waals surface area contributed by atoms with Gasteiger partial charge in [-0.3, -0.25) is 10.1 Å². The van der Waals surface area contributed by atoms with Gasteiger partial charge in [-0.2, -0.15) is 0 Å². The van der Waals surface area contributed by atoms with Gasteiger partial charge >= 0.3 is 0 Å². The molecular weight excluding hydrogens is 459 g/mol. The molecule has 0 radical (unpaired) electrons. The SMILES string of the molecule is CCCCOc1ccc(C(=O)NC(=S)Nc2cc(Cl)cc(Cl)c2)cc1Br. The summed E-state index contributed by atoms with van der Waals surface area (Å²) in [6.45, 7) is 2.73. The largest absolute Gasteiger partial charge is 0.492 e. The Morgan fingerprint density at radius 3 is 2.50 bits per heavy atom. The molecule has 2 N–H and O–H groups in total. The van der Waals surface area contributed by atoms with Crippen LogP contribution in [-0.4, -0.2) is 17.6 Å². The maximum absolute atomic E-state index is 12.4. The van der Waals surface area contributed by atoms with E-state index in [4.69, 9.17) is 40.2 Å². The molecule has 138 valence electrons. The highest BCUT2D eigenvalue weighted by Crippen LogP contribution is 2.26. The number of halogens is 3. The molecule has 0 unspecified atom stereocenters. The normalized spacial score (nSPS) is 10.3. The molecule has 0 aliphatic carbocycles. The minimum atomic E-state index is -0.337. The van der Waals surface area contributed by atoms with Crippen LogP contribution in [0.15, 0.2) is 40.9 Å². The molecule has 2 aromatic rings. The van der Waals surface area contributed by atoms with Crippen LogP contribution in [0.2, 0.25) is 10.0 Å². The predicted molar refractivity (Wildman–Crippen MR) is 115 cm³/mol. The van der Waals surface area contributed by atoms with Crippen molar-refractivity contribution in [3.05, 3.63) is 56.5 Å². The summed E-state index contributed by atoms with van der Waals surface area (Å²) in [4.78, 5) is 12.4. The van der Waals surface area contributed by atoms with Crippen LogP contribution in [0.25, 0.3) is 0 Å². The van der Waals surface area contributed by atoms with Crippen molar-refractivity contribution in [3.63, 3.8) is 0 Å². The van der Waals surface area contributed by atoms with Crippen molar-refractivity contribution < 1.29 is 9.53 Å². The molecule has 0 atom stereocenters. The highest BCUT2D eigenvalue weighted by Gasteiger charge is 2.11. The van der Waals surface area contributed by atoms with Crippen molar-refractivity contribution in [2.75, 3.05) is 11.9 Å². The molecule has 2 rings (SSSR count). The lowest BCUT2D eigenvalue weighted by Gasteiger charge is -2.12. The van der Waals surface area contributed by atoms with Crippen LogP contribution in [0.5, 0.6) is 5.75 Å². The summed E-state index contributed by atoms with van der Waals surface area (Å²) in [6, 6.07) is 10.0. The van der Waals surface area contributed by atoms with Crippen LogP contribution >= 0.6 is 51.3 Å². The number of nitrogens with one attached hydrogen (secondary N) is 2. The van der Waals surface area contributed by atoms with Crippen LogP contribution < -0.4 is 15.4 Å². The van der Waals surface area contributed by atoms with Gasteiger partial charge in [0.05, 0.1) is 11.1 Å². The lowest BCUT2D eigenvalue weighted by Crippen LogP contribution is -2.34. The molecule has 1 amide bonds. The molecular formula is C18H17BrCl2N2O2S. The first-order valence-corrected chi connectivity index (χ1v) is 9.85. The molecule has 0 bridgehead atoms. The Balaban J connectivity index is 1.98. The molecule has 0 heterocycles. The smallest absolute Gasteiger partial charge is 0.257 e. The van der Waals surface area contributed by atoms with E-state index in [1.54, 1.807) is 36.4 Å². The Morgan fingerprint density at radius 1 is 1.19 bits per heavy atom. The number of anilines is 1. The third kappa shape index (κ3) is 6.43. The molecule has 0 saturated heterocycles. The van der Waals surface area contributed by atoms with E-state index in [2.05, 4.69) is 33.5 Å². The standard InChI is InChI=1S/C18H17BrCl2N2O2S/c1-2-3-6-25-16-5-4-11(7-15(16)19)17(24)23-18(26)22-14-9-12(20)8-13(21)10-14/h4-5,7-10H,2-3,6H2,1H3,(H2,22,23,24,26). The maximum atomic E-state index is 12.4. The number of rotatable bonds is 6. The summed E-state index contributed by atoms with van der Waals surface area (Å²) in [5.41, 5.74) is 1.04. The molecule has 2 aromatic carbocycles. The monoisotopic (exact) mass is 474 g/mol. The highest BCUT2D eigenvalue weighted by molar-refractivity contribution is 9.10. The summed E-state index contributed by atoms with van der Waals surface area (Å²) >= 11 is 20.5. The second-order valence-corrected chi connectivity index (χ2v) is 7.55. The Hall–Kier alpha value is -1.34. The molecule has 4 nitrogen and oxygen atoms in total. The fourth-order valence-electron chi connectivity index (χ4n) is 2.05. The molecule has 8 heteroatoms. The van der Waals surface area contributed by atoms with E-state index >= 15 is 0 Å². The number of unbranched alkanes of at least 4 members (excludes halogenated alkanes) is 1. The van der Waals surface area contributed by atoms with Gasteiger partial charge in [-0.25, -0.2) is 0 Å². The number of amides is 1. The number of hydrogen-bond donors (Lipinski definition) is 2. The van der Waals surface area contributed by atoms with E-state index in [9.17, 15) is 4.79 Å². The van der Waals surface area contributed by atoms with Gasteiger partial charge in [-0.05, 0) is 71.0 Å². The van der Waals surface area contributed by atoms with Gasteiger partial charge in [-0.1, -0.05) is 36.5 Å². The van der Waals surface area contributed by atoms with Gasteiger partial charge in [-0.15, -0.1) is 0 Å². The Morgan fingerprint density at radius 2 is 1.88 bits per heavy atom. The second-order valence-electron chi connectivity index (χ2n) is 5.41. The summed E-state index contributed by atoms with van der Waals surface area (Å²) in [6.07, 6.45) is 2.03. The number of carbonyl (C=O) groups excluding carboxylic acids is 1. The third-order valence-electron chi connectivity index (χ3n) is 3.30. The third-order valence-corrected chi connectivity index (χ3v) is 4.56. The maximum Gasteiger partial charge on any atom is 0.257 e. The van der Waals surface area contributed by atoms with Crippen molar-refractivity contribution in [1.29, 1.82) is 0 Å². The zero-order chi connectivity index (χ0) is 19.1. The van der Waals surface area contributed by atoms with Crippen molar-refractivity contribution >= 4 is 68.1 Å².